The second-order valence-electron chi connectivity index (χ2n) is 3.20. The van der Waals surface area contributed by atoms with Crippen molar-refractivity contribution in [1.29, 1.82) is 0 Å². The van der Waals surface area contributed by atoms with E-state index in [0.717, 1.165) is 5.56 Å². The number of methoxy groups -OCH3 is 1. The van der Waals surface area contributed by atoms with Gasteiger partial charge in [-0.05, 0) is 18.6 Å². The summed E-state index contributed by atoms with van der Waals surface area (Å²) in [5.41, 5.74) is 6.96. The van der Waals surface area contributed by atoms with Crippen LogP contribution in [0.5, 0.6) is 5.75 Å². The largest absolute Gasteiger partial charge is 0.493 e. The molecule has 0 fully saturated rings. The fraction of sp³-hybridized carbons (Fsp3) is 0.400. The fourth-order valence-electron chi connectivity index (χ4n) is 1.46. The van der Waals surface area contributed by atoms with Gasteiger partial charge in [0, 0.05) is 10.0 Å². The van der Waals surface area contributed by atoms with Gasteiger partial charge in [-0.3, -0.25) is 0 Å². The Hall–Kier alpha value is -0.650. The molecule has 3 nitrogen and oxygen atoms in total. The zero-order chi connectivity index (χ0) is 11.6. The third kappa shape index (κ3) is 2.30. The van der Waals surface area contributed by atoms with Gasteiger partial charge >= 0.3 is 0 Å². The van der Waals surface area contributed by atoms with Crippen LogP contribution in [0.4, 0.5) is 4.39 Å². The Bertz CT molecular complexity index is 371. The molecule has 0 aliphatic rings. The highest BCUT2D eigenvalue weighted by molar-refractivity contribution is 9.10. The molecule has 1 atom stereocenters. The number of aliphatic hydroxyl groups excluding tert-OH is 1. The van der Waals surface area contributed by atoms with Crippen LogP contribution in [0.15, 0.2) is 10.5 Å². The second-order valence-corrected chi connectivity index (χ2v) is 4.06. The van der Waals surface area contributed by atoms with E-state index in [9.17, 15) is 4.39 Å². The first-order valence-electron chi connectivity index (χ1n) is 4.41. The smallest absolute Gasteiger partial charge is 0.166 e. The lowest BCUT2D eigenvalue weighted by molar-refractivity contribution is 0.263. The van der Waals surface area contributed by atoms with Gasteiger partial charge < -0.3 is 15.6 Å². The number of ether oxygens (including phenoxy) is 1. The van der Waals surface area contributed by atoms with Crippen molar-refractivity contribution in [1.82, 2.24) is 0 Å². The van der Waals surface area contributed by atoms with Crippen LogP contribution < -0.4 is 10.5 Å². The van der Waals surface area contributed by atoms with E-state index in [4.69, 9.17) is 15.6 Å². The molecule has 0 spiro atoms. The SMILES string of the molecule is COc1c(F)cc(Br)c(C)c1C(N)CO. The molecule has 0 aliphatic heterocycles. The predicted molar refractivity (Wildman–Crippen MR) is 59.4 cm³/mol. The van der Waals surface area contributed by atoms with E-state index in [2.05, 4.69) is 15.9 Å². The molecule has 0 heterocycles. The molecule has 5 heteroatoms. The van der Waals surface area contributed by atoms with Crippen molar-refractivity contribution in [3.8, 4) is 5.75 Å². The van der Waals surface area contributed by atoms with E-state index in [1.165, 1.54) is 13.2 Å². The third-order valence-electron chi connectivity index (χ3n) is 2.25. The highest BCUT2D eigenvalue weighted by Crippen LogP contribution is 2.34. The molecule has 0 aromatic heterocycles. The van der Waals surface area contributed by atoms with E-state index in [1.54, 1.807) is 6.92 Å². The number of aliphatic hydroxyl groups is 1. The Labute approximate surface area is 96.2 Å². The summed E-state index contributed by atoms with van der Waals surface area (Å²) < 4.78 is 19.1. The van der Waals surface area contributed by atoms with E-state index >= 15 is 0 Å². The van der Waals surface area contributed by atoms with Crippen molar-refractivity contribution < 1.29 is 14.2 Å². The molecule has 0 amide bonds. The minimum absolute atomic E-state index is 0.0947. The summed E-state index contributed by atoms with van der Waals surface area (Å²) in [4.78, 5) is 0. The van der Waals surface area contributed by atoms with Crippen LogP contribution in [0.2, 0.25) is 0 Å². The Kier molecular flexibility index (Phi) is 4.07. The average molecular weight is 278 g/mol. The van der Waals surface area contributed by atoms with Gasteiger partial charge in [0.25, 0.3) is 0 Å². The lowest BCUT2D eigenvalue weighted by atomic mass is 10.0. The zero-order valence-electron chi connectivity index (χ0n) is 8.55. The van der Waals surface area contributed by atoms with Crippen molar-refractivity contribution in [2.75, 3.05) is 13.7 Å². The number of rotatable bonds is 3. The van der Waals surface area contributed by atoms with Crippen molar-refractivity contribution in [3.63, 3.8) is 0 Å². The molecule has 0 saturated carbocycles. The molecule has 0 saturated heterocycles. The number of hydrogen-bond donors (Lipinski definition) is 2. The predicted octanol–water partition coefficient (Wildman–Crippen LogP) is 1.90. The molecule has 0 radical (unpaired) electrons. The van der Waals surface area contributed by atoms with Crippen LogP contribution in [-0.4, -0.2) is 18.8 Å². The molecule has 15 heavy (non-hydrogen) atoms. The van der Waals surface area contributed by atoms with E-state index in [1.807, 2.05) is 0 Å². The van der Waals surface area contributed by atoms with Gasteiger partial charge in [0.15, 0.2) is 11.6 Å². The molecule has 3 N–H and O–H groups in total. The standard InChI is InChI=1S/C10H13BrFNO2/c1-5-6(11)3-7(12)10(15-2)9(5)8(13)4-14/h3,8,14H,4,13H2,1-2H3. The first-order chi connectivity index (χ1) is 7.02. The zero-order valence-corrected chi connectivity index (χ0v) is 10.1. The summed E-state index contributed by atoms with van der Waals surface area (Å²) in [6.45, 7) is 1.53. The van der Waals surface area contributed by atoms with Crippen molar-refractivity contribution in [2.24, 2.45) is 5.73 Å². The van der Waals surface area contributed by atoms with Gasteiger partial charge in [-0.25, -0.2) is 4.39 Å². The summed E-state index contributed by atoms with van der Waals surface area (Å²) in [5.74, 6) is -0.397. The van der Waals surface area contributed by atoms with Crippen LogP contribution in [-0.2, 0) is 0 Å². The van der Waals surface area contributed by atoms with Crippen LogP contribution >= 0.6 is 15.9 Å². The summed E-state index contributed by atoms with van der Waals surface area (Å²) in [5, 5.41) is 9.00. The lowest BCUT2D eigenvalue weighted by Crippen LogP contribution is -2.17. The summed E-state index contributed by atoms with van der Waals surface area (Å²) in [6.07, 6.45) is 0. The Morgan fingerprint density at radius 3 is 2.73 bits per heavy atom. The molecular weight excluding hydrogens is 265 g/mol. The van der Waals surface area contributed by atoms with E-state index in [0.29, 0.717) is 10.0 Å². The number of hydrogen-bond acceptors (Lipinski definition) is 3. The molecule has 84 valence electrons. The monoisotopic (exact) mass is 277 g/mol. The van der Waals surface area contributed by atoms with Gasteiger partial charge in [0.1, 0.15) is 0 Å². The fourth-order valence-corrected chi connectivity index (χ4v) is 1.87. The minimum Gasteiger partial charge on any atom is -0.493 e. The summed E-state index contributed by atoms with van der Waals surface area (Å²) >= 11 is 3.22. The van der Waals surface area contributed by atoms with Crippen LogP contribution in [0, 0.1) is 12.7 Å². The first-order valence-corrected chi connectivity index (χ1v) is 5.21. The highest BCUT2D eigenvalue weighted by atomic mass is 79.9. The summed E-state index contributed by atoms with van der Waals surface area (Å²) in [7, 11) is 1.37. The van der Waals surface area contributed by atoms with Gasteiger partial charge in [0.2, 0.25) is 0 Å². The van der Waals surface area contributed by atoms with Crippen molar-refractivity contribution in [2.45, 2.75) is 13.0 Å². The van der Waals surface area contributed by atoms with Crippen LogP contribution in [0.3, 0.4) is 0 Å². The average Bonchev–Trinajstić information content (AvgIpc) is 2.21. The maximum absolute atomic E-state index is 13.5. The quantitative estimate of drug-likeness (QED) is 0.887. The lowest BCUT2D eigenvalue weighted by Gasteiger charge is -2.18. The molecule has 0 bridgehead atoms. The normalized spacial score (nSPS) is 12.7. The highest BCUT2D eigenvalue weighted by Gasteiger charge is 2.20. The topological polar surface area (TPSA) is 55.5 Å². The second kappa shape index (κ2) is 4.92. The van der Waals surface area contributed by atoms with Gasteiger partial charge in [0.05, 0.1) is 19.8 Å². The first kappa shape index (κ1) is 12.4. The van der Waals surface area contributed by atoms with Gasteiger partial charge in [-0.1, -0.05) is 15.9 Å². The number of halogens is 2. The van der Waals surface area contributed by atoms with Gasteiger partial charge in [-0.15, -0.1) is 0 Å². The maximum Gasteiger partial charge on any atom is 0.166 e. The molecule has 0 aliphatic carbocycles. The Morgan fingerprint density at radius 1 is 1.67 bits per heavy atom. The molecule has 1 rings (SSSR count). The summed E-state index contributed by atoms with van der Waals surface area (Å²) in [6, 6.07) is 0.675. The number of nitrogens with two attached hydrogens (primary N) is 1. The molecule has 1 aromatic rings. The maximum atomic E-state index is 13.5. The van der Waals surface area contributed by atoms with Crippen LogP contribution in [0.25, 0.3) is 0 Å². The number of benzene rings is 1. The van der Waals surface area contributed by atoms with Gasteiger partial charge in [-0.2, -0.15) is 0 Å². The molecule has 1 unspecified atom stereocenters. The Balaban J connectivity index is 3.43. The van der Waals surface area contributed by atoms with Crippen molar-refractivity contribution in [3.05, 3.63) is 27.5 Å². The molecular formula is C10H13BrFNO2. The third-order valence-corrected chi connectivity index (χ3v) is 3.07. The van der Waals surface area contributed by atoms with Crippen LogP contribution in [0.1, 0.15) is 17.2 Å². The minimum atomic E-state index is -0.646. The Morgan fingerprint density at radius 2 is 2.27 bits per heavy atom. The van der Waals surface area contributed by atoms with E-state index < -0.39 is 11.9 Å². The van der Waals surface area contributed by atoms with E-state index in [-0.39, 0.29) is 12.4 Å². The molecule has 1 aromatic carbocycles. The van der Waals surface area contributed by atoms with Crippen molar-refractivity contribution >= 4 is 15.9 Å².